The highest BCUT2D eigenvalue weighted by Gasteiger charge is 2.64. The quantitative estimate of drug-likeness (QED) is 0.371. The first-order valence-electron chi connectivity index (χ1n) is 15.2. The minimum atomic E-state index is -0.260. The highest BCUT2D eigenvalue weighted by molar-refractivity contribution is 5.90. The third-order valence-electron chi connectivity index (χ3n) is 11.7. The van der Waals surface area contributed by atoms with E-state index in [1.54, 1.807) is 19.1 Å². The number of hydrogen-bond donors (Lipinski definition) is 0. The molecule has 212 valence electrons. The fourth-order valence-corrected chi connectivity index (χ4v) is 9.63. The number of rotatable bonds is 5. The van der Waals surface area contributed by atoms with Crippen molar-refractivity contribution in [1.29, 1.82) is 0 Å². The number of esters is 2. The molecule has 0 aromatic heterocycles. The Morgan fingerprint density at radius 1 is 0.700 bits per heavy atom. The van der Waals surface area contributed by atoms with E-state index in [9.17, 15) is 14.4 Å². The second kappa shape index (κ2) is 10.5. The Bertz CT molecular complexity index is 1260. The first-order chi connectivity index (χ1) is 19.2. The van der Waals surface area contributed by atoms with Crippen LogP contribution in [0.3, 0.4) is 0 Å². The Morgan fingerprint density at radius 2 is 1.27 bits per heavy atom. The highest BCUT2D eigenvalue weighted by Crippen LogP contribution is 2.68. The third-order valence-corrected chi connectivity index (χ3v) is 11.7. The molecule has 4 fully saturated rings. The number of Topliss-reactive ketones (excluding diaryl/α,β-unsaturated/α-hetero) is 1. The van der Waals surface area contributed by atoms with E-state index >= 15 is 0 Å². The van der Waals surface area contributed by atoms with E-state index in [0.29, 0.717) is 34.7 Å². The van der Waals surface area contributed by atoms with Crippen LogP contribution in [-0.2, 0) is 14.3 Å². The highest BCUT2D eigenvalue weighted by atomic mass is 16.5. The minimum absolute atomic E-state index is 0.0317. The predicted molar refractivity (Wildman–Crippen MR) is 153 cm³/mol. The smallest absolute Gasteiger partial charge is 0.338 e. The topological polar surface area (TPSA) is 69.7 Å². The molecule has 0 heterocycles. The van der Waals surface area contributed by atoms with Gasteiger partial charge in [0, 0.05) is 11.8 Å². The fraction of sp³-hybridized carbons (Fsp3) is 0.571. The Labute approximate surface area is 238 Å². The van der Waals surface area contributed by atoms with Crippen molar-refractivity contribution < 1.29 is 23.9 Å². The van der Waals surface area contributed by atoms with Gasteiger partial charge >= 0.3 is 11.9 Å². The molecule has 4 aliphatic rings. The van der Waals surface area contributed by atoms with Gasteiger partial charge < -0.3 is 9.47 Å². The van der Waals surface area contributed by atoms with Crippen LogP contribution in [-0.4, -0.2) is 29.9 Å². The second-order valence-electron chi connectivity index (χ2n) is 13.5. The Morgan fingerprint density at radius 3 is 1.90 bits per heavy atom. The first kappa shape index (κ1) is 27.2. The molecule has 0 aliphatic heterocycles. The van der Waals surface area contributed by atoms with Crippen LogP contribution in [0.4, 0.5) is 0 Å². The number of ether oxygens (including phenoxy) is 2. The molecule has 0 spiro atoms. The van der Waals surface area contributed by atoms with Crippen molar-refractivity contribution in [2.45, 2.75) is 84.3 Å². The van der Waals surface area contributed by atoms with Gasteiger partial charge in [0.05, 0.1) is 11.1 Å². The molecule has 9 atom stereocenters. The molecule has 40 heavy (non-hydrogen) atoms. The summed E-state index contributed by atoms with van der Waals surface area (Å²) < 4.78 is 12.5. The van der Waals surface area contributed by atoms with Gasteiger partial charge in [0.15, 0.2) is 0 Å². The van der Waals surface area contributed by atoms with Crippen LogP contribution < -0.4 is 0 Å². The van der Waals surface area contributed by atoms with Crippen LogP contribution >= 0.6 is 0 Å². The molecule has 6 rings (SSSR count). The number of carbonyl (C=O) groups excluding carboxylic acids is 3. The van der Waals surface area contributed by atoms with Gasteiger partial charge in [-0.05, 0) is 111 Å². The molecule has 2 aromatic rings. The van der Waals surface area contributed by atoms with E-state index in [4.69, 9.17) is 9.47 Å². The normalized spacial score (nSPS) is 38.3. The summed E-state index contributed by atoms with van der Waals surface area (Å²) in [6.07, 6.45) is 7.20. The summed E-state index contributed by atoms with van der Waals surface area (Å²) in [6.45, 7) is 6.53. The largest absolute Gasteiger partial charge is 0.459 e. The summed E-state index contributed by atoms with van der Waals surface area (Å²) in [6, 6.07) is 18.5. The van der Waals surface area contributed by atoms with E-state index in [0.717, 1.165) is 51.4 Å². The van der Waals surface area contributed by atoms with Crippen LogP contribution in [0.15, 0.2) is 60.7 Å². The van der Waals surface area contributed by atoms with Gasteiger partial charge in [-0.15, -0.1) is 0 Å². The first-order valence-corrected chi connectivity index (χ1v) is 15.2. The van der Waals surface area contributed by atoms with Crippen molar-refractivity contribution in [3.05, 3.63) is 71.8 Å². The Hall–Kier alpha value is -2.95. The van der Waals surface area contributed by atoms with Crippen LogP contribution in [0.2, 0.25) is 0 Å². The van der Waals surface area contributed by atoms with Crippen LogP contribution in [0, 0.1) is 40.4 Å². The molecule has 0 amide bonds. The molecule has 0 N–H and O–H groups in total. The van der Waals surface area contributed by atoms with E-state index in [1.807, 2.05) is 48.5 Å². The van der Waals surface area contributed by atoms with Gasteiger partial charge in [0.25, 0.3) is 0 Å². The molecular formula is C35H42O5. The lowest BCUT2D eigenvalue weighted by molar-refractivity contribution is -0.175. The van der Waals surface area contributed by atoms with Crippen molar-refractivity contribution in [3.8, 4) is 0 Å². The molecule has 0 saturated heterocycles. The van der Waals surface area contributed by atoms with Crippen LogP contribution in [0.25, 0.3) is 0 Å². The summed E-state index contributed by atoms with van der Waals surface area (Å²) in [5.41, 5.74) is 1.24. The lowest BCUT2D eigenvalue weighted by Gasteiger charge is -2.62. The SMILES string of the molecule is CC(=O)C1CCC2C3C(CC[C@]12C)[C@@]1(C)CC[C@H](OC(=O)c2ccccc2)CC1C[C@H]3OC(=O)c1ccccc1. The van der Waals surface area contributed by atoms with E-state index in [1.165, 1.54) is 0 Å². The van der Waals surface area contributed by atoms with Crippen molar-refractivity contribution >= 4 is 17.7 Å². The number of ketones is 1. The van der Waals surface area contributed by atoms with Crippen LogP contribution in [0.5, 0.6) is 0 Å². The maximum Gasteiger partial charge on any atom is 0.338 e. The molecule has 5 heteroatoms. The molecule has 0 bridgehead atoms. The summed E-state index contributed by atoms with van der Waals surface area (Å²) in [4.78, 5) is 39.0. The van der Waals surface area contributed by atoms with E-state index in [-0.39, 0.29) is 46.8 Å². The monoisotopic (exact) mass is 542 g/mol. The van der Waals surface area contributed by atoms with Crippen molar-refractivity contribution in [1.82, 2.24) is 0 Å². The zero-order valence-corrected chi connectivity index (χ0v) is 24.0. The van der Waals surface area contributed by atoms with Crippen molar-refractivity contribution in [2.75, 3.05) is 0 Å². The van der Waals surface area contributed by atoms with E-state index in [2.05, 4.69) is 13.8 Å². The van der Waals surface area contributed by atoms with E-state index < -0.39 is 0 Å². The Balaban J connectivity index is 1.28. The maximum atomic E-state index is 13.4. The summed E-state index contributed by atoms with van der Waals surface area (Å²) >= 11 is 0. The Kier molecular flexibility index (Phi) is 7.13. The molecule has 4 aliphatic carbocycles. The van der Waals surface area contributed by atoms with Gasteiger partial charge in [-0.25, -0.2) is 9.59 Å². The predicted octanol–water partition coefficient (Wildman–Crippen LogP) is 7.30. The maximum absolute atomic E-state index is 13.4. The zero-order valence-electron chi connectivity index (χ0n) is 24.0. The van der Waals surface area contributed by atoms with Crippen molar-refractivity contribution in [3.63, 3.8) is 0 Å². The molecule has 5 unspecified atom stereocenters. The van der Waals surface area contributed by atoms with Gasteiger partial charge in [0.2, 0.25) is 0 Å². The number of benzene rings is 2. The number of fused-ring (bicyclic) bond motifs is 5. The summed E-state index contributed by atoms with van der Waals surface area (Å²) in [5.74, 6) is 1.24. The van der Waals surface area contributed by atoms with Gasteiger partial charge in [-0.2, -0.15) is 0 Å². The number of hydrogen-bond acceptors (Lipinski definition) is 5. The lowest BCUT2D eigenvalue weighted by atomic mass is 9.44. The standard InChI is InChI=1S/C35H42O5/c1-22(36)27-14-15-28-31-29(17-19-35(27,28)3)34(2)18-16-26(39-32(37)23-10-6-4-7-11-23)20-25(34)21-30(31)40-33(38)24-12-8-5-9-13-24/h4-13,25-31H,14-21H2,1-3H3/t25?,26-,27?,28?,29?,30+,31?,34-,35+/m0/s1. The molecule has 4 saturated carbocycles. The lowest BCUT2D eigenvalue weighted by Crippen LogP contribution is -2.59. The number of carbonyl (C=O) groups is 3. The summed E-state index contributed by atoms with van der Waals surface area (Å²) in [7, 11) is 0. The minimum Gasteiger partial charge on any atom is -0.459 e. The van der Waals surface area contributed by atoms with Crippen molar-refractivity contribution in [2.24, 2.45) is 40.4 Å². The second-order valence-corrected chi connectivity index (χ2v) is 13.5. The molecule has 0 radical (unpaired) electrons. The summed E-state index contributed by atoms with van der Waals surface area (Å²) in [5, 5.41) is 0. The van der Waals surface area contributed by atoms with Gasteiger partial charge in [0.1, 0.15) is 18.0 Å². The van der Waals surface area contributed by atoms with Gasteiger partial charge in [-0.1, -0.05) is 50.2 Å². The van der Waals surface area contributed by atoms with Gasteiger partial charge in [-0.3, -0.25) is 4.79 Å². The zero-order chi connectivity index (χ0) is 28.1. The molecule has 5 nitrogen and oxygen atoms in total. The average molecular weight is 543 g/mol. The van der Waals surface area contributed by atoms with Crippen LogP contribution in [0.1, 0.15) is 92.9 Å². The molecular weight excluding hydrogens is 500 g/mol. The third kappa shape index (κ3) is 4.59. The fourth-order valence-electron chi connectivity index (χ4n) is 9.63. The molecule has 2 aromatic carbocycles. The average Bonchev–Trinajstić information content (AvgIpc) is 3.32.